The molecular weight excluding hydrogens is 1180 g/mol. The van der Waals surface area contributed by atoms with Crippen molar-refractivity contribution in [2.24, 2.45) is 23.7 Å². The van der Waals surface area contributed by atoms with E-state index in [4.69, 9.17) is 42.1 Å². The summed E-state index contributed by atoms with van der Waals surface area (Å²) in [4.78, 5) is 61.0. The van der Waals surface area contributed by atoms with Crippen LogP contribution in [0.5, 0.6) is 11.5 Å². The number of amides is 2. The predicted octanol–water partition coefficient (Wildman–Crippen LogP) is 10.9. The Morgan fingerprint density at radius 2 is 1.00 bits per heavy atom. The van der Waals surface area contributed by atoms with Gasteiger partial charge in [-0.25, -0.2) is 9.59 Å². The molecule has 6 heterocycles. The second-order valence-corrected chi connectivity index (χ2v) is 28.6. The van der Waals surface area contributed by atoms with Gasteiger partial charge in [0.25, 0.3) is 0 Å². The lowest BCUT2D eigenvalue weighted by Gasteiger charge is -2.46. The number of carboxylic acids is 2. The largest absolute Gasteiger partial charge is 0.490 e. The highest BCUT2D eigenvalue weighted by atomic mass is 35.5. The van der Waals surface area contributed by atoms with Crippen LogP contribution in [0.4, 0.5) is 11.4 Å². The predicted molar refractivity (Wildman–Crippen MR) is 344 cm³/mol. The van der Waals surface area contributed by atoms with Gasteiger partial charge < -0.3 is 59.0 Å². The van der Waals surface area contributed by atoms with Gasteiger partial charge in [-0.3, -0.25) is 9.59 Å². The molecule has 0 radical (unpaired) electrons. The molecule has 2 amide bonds. The molecule has 4 N–H and O–H groups in total. The van der Waals surface area contributed by atoms with Gasteiger partial charge in [-0.05, 0) is 208 Å². The second-order valence-electron chi connectivity index (χ2n) is 27.8. The third-order valence-electron chi connectivity index (χ3n) is 22.7. The number of benzene rings is 4. The van der Waals surface area contributed by atoms with Crippen LogP contribution in [0.3, 0.4) is 0 Å². The SMILES string of the molecule is CO[C@H]1/C=C/C[C@@H]2CCCN2C(=O)C[C@@](O)(C(=O)O)c2ccc3c(c2)N(C[C@@H]2CC[C@H]21)C[C@@]1(CCCc2cc(Cl)ccc21)CO3.CO[C@H]1/C=C/C[C@@H]2CCCN2C(=O)C[C@](O)(C(=O)O)c2ccc3c(c2)N(C[C@@H]2CC[C@H]21)C[C@@]1(CCCc2cc(Cl)ccc21)CO3. The first-order valence-corrected chi connectivity index (χ1v) is 33.7. The van der Waals surface area contributed by atoms with E-state index < -0.39 is 36.0 Å². The fourth-order valence-corrected chi connectivity index (χ4v) is 17.8. The molecule has 2 spiro atoms. The van der Waals surface area contributed by atoms with E-state index in [-0.39, 0.29) is 58.1 Å². The van der Waals surface area contributed by atoms with E-state index in [1.165, 1.54) is 22.3 Å². The van der Waals surface area contributed by atoms with E-state index in [1.54, 1.807) is 60.4 Å². The Kier molecular flexibility index (Phi) is 17.7. The normalized spacial score (nSPS) is 33.7. The number of aryl methyl sites for hydroxylation is 2. The van der Waals surface area contributed by atoms with Crippen LogP contribution in [0, 0.1) is 23.7 Å². The molecule has 12 atom stereocenters. The van der Waals surface area contributed by atoms with Gasteiger partial charge in [0.2, 0.25) is 11.8 Å². The number of aliphatic carboxylic acids is 2. The minimum Gasteiger partial charge on any atom is -0.490 e. The van der Waals surface area contributed by atoms with Crippen LogP contribution in [-0.4, -0.2) is 145 Å². The molecule has 4 fully saturated rings. The summed E-state index contributed by atoms with van der Waals surface area (Å²) in [5.41, 5.74) is 1.67. The third kappa shape index (κ3) is 11.7. The molecule has 6 aliphatic heterocycles. The molecule has 4 aromatic carbocycles. The summed E-state index contributed by atoms with van der Waals surface area (Å²) in [6.45, 7) is 4.98. The molecule has 4 aromatic rings. The quantitative estimate of drug-likeness (QED) is 0.141. The Bertz CT molecular complexity index is 3250. The minimum atomic E-state index is -2.36. The van der Waals surface area contributed by atoms with Crippen LogP contribution in [-0.2, 0) is 63.5 Å². The van der Waals surface area contributed by atoms with Gasteiger partial charge in [0.15, 0.2) is 11.2 Å². The number of methoxy groups -OCH3 is 2. The second kappa shape index (κ2) is 25.4. The number of hydrogen-bond acceptors (Lipinski definition) is 12. The molecular formula is C72H86Cl2N4O12. The van der Waals surface area contributed by atoms with Gasteiger partial charge >= 0.3 is 11.9 Å². The first-order chi connectivity index (χ1) is 43.4. The number of rotatable bonds is 4. The molecule has 0 unspecified atom stereocenters. The number of carbonyl (C=O) groups excluding carboxylic acids is 2. The molecule has 2 saturated heterocycles. The Labute approximate surface area is 538 Å². The molecule has 14 rings (SSSR count). The first-order valence-electron chi connectivity index (χ1n) is 32.9. The number of anilines is 2. The fourth-order valence-electron chi connectivity index (χ4n) is 17.4. The molecule has 4 aliphatic carbocycles. The molecule has 2 saturated carbocycles. The summed E-state index contributed by atoms with van der Waals surface area (Å²) in [5, 5.41) is 45.8. The maximum atomic E-state index is 13.6. The lowest BCUT2D eigenvalue weighted by Crippen LogP contribution is -2.49. The van der Waals surface area contributed by atoms with E-state index in [0.29, 0.717) is 87.4 Å². The van der Waals surface area contributed by atoms with Crippen molar-refractivity contribution in [2.75, 3.05) is 76.5 Å². The van der Waals surface area contributed by atoms with Crippen LogP contribution < -0.4 is 19.3 Å². The van der Waals surface area contributed by atoms with E-state index in [2.05, 4.69) is 58.4 Å². The summed E-state index contributed by atoms with van der Waals surface area (Å²) in [5.74, 6) is -0.775. The summed E-state index contributed by atoms with van der Waals surface area (Å²) >= 11 is 12.9. The van der Waals surface area contributed by atoms with Crippen molar-refractivity contribution in [3.63, 3.8) is 0 Å². The first kappa shape index (κ1) is 62.7. The van der Waals surface area contributed by atoms with Crippen molar-refractivity contribution in [3.05, 3.63) is 141 Å². The average molecular weight is 1270 g/mol. The molecule has 16 nitrogen and oxygen atoms in total. The monoisotopic (exact) mass is 1270 g/mol. The zero-order valence-corrected chi connectivity index (χ0v) is 53.4. The zero-order valence-electron chi connectivity index (χ0n) is 51.8. The summed E-state index contributed by atoms with van der Waals surface area (Å²) in [6.07, 6.45) is 22.5. The van der Waals surface area contributed by atoms with Gasteiger partial charge in [-0.2, -0.15) is 0 Å². The van der Waals surface area contributed by atoms with Crippen molar-refractivity contribution < 1.29 is 58.6 Å². The Hall–Kier alpha value is -6.14. The Morgan fingerprint density at radius 1 is 0.567 bits per heavy atom. The highest BCUT2D eigenvalue weighted by Gasteiger charge is 2.50. The number of halogens is 2. The van der Waals surface area contributed by atoms with Crippen LogP contribution in [0.1, 0.15) is 136 Å². The van der Waals surface area contributed by atoms with Gasteiger partial charge in [0, 0.05) is 86.4 Å². The number of ether oxygens (including phenoxy) is 4. The van der Waals surface area contributed by atoms with Crippen molar-refractivity contribution in [2.45, 2.75) is 162 Å². The maximum Gasteiger partial charge on any atom is 0.340 e. The standard InChI is InChI=1S/2C36H43ClN2O6/c2*1-44-31-8-2-6-27-7-4-16-39(27)33(40)19-36(43,34(41)42)25-10-14-32-30(18-25)38(20-24-9-12-28(24)31)21-35(22-45-32)15-3-5-23-17-26(37)11-13-29(23)35/h2*2,8,10-11,13-14,17-18,24,27-28,31,43H,3-7,9,12,15-16,19-22H2,1H3,(H,41,42)/b2*8-2+/t24-,27+,28+,31-,35-,36+;24-,27+,28+,31-,35-,36-/m00/s1. The Morgan fingerprint density at radius 3 is 1.39 bits per heavy atom. The van der Waals surface area contributed by atoms with Gasteiger partial charge in [-0.1, -0.05) is 71.8 Å². The van der Waals surface area contributed by atoms with Crippen LogP contribution >= 0.6 is 23.2 Å². The van der Waals surface area contributed by atoms with E-state index in [1.807, 2.05) is 12.1 Å². The smallest absolute Gasteiger partial charge is 0.340 e. The lowest BCUT2D eigenvalue weighted by molar-refractivity contribution is -0.165. The highest BCUT2D eigenvalue weighted by Crippen LogP contribution is 2.51. The molecule has 90 heavy (non-hydrogen) atoms. The van der Waals surface area contributed by atoms with E-state index in [9.17, 15) is 39.6 Å². The molecule has 18 heteroatoms. The maximum absolute atomic E-state index is 13.6. The number of carbonyl (C=O) groups is 4. The highest BCUT2D eigenvalue weighted by molar-refractivity contribution is 6.31. The molecule has 4 bridgehead atoms. The van der Waals surface area contributed by atoms with Gasteiger partial charge in [0.05, 0.1) is 49.6 Å². The number of nitrogens with zero attached hydrogens (tertiary/aromatic N) is 4. The fraction of sp³-hybridized carbons (Fsp3) is 0.556. The van der Waals surface area contributed by atoms with E-state index in [0.717, 1.165) is 124 Å². The van der Waals surface area contributed by atoms with Gasteiger partial charge in [0.1, 0.15) is 11.5 Å². The van der Waals surface area contributed by atoms with Gasteiger partial charge in [-0.15, -0.1) is 0 Å². The minimum absolute atomic E-state index is 0.0140. The molecule has 480 valence electrons. The number of carboxylic acid groups (broad SMARTS) is 2. The molecule has 0 aromatic heterocycles. The average Bonchev–Trinajstić information content (AvgIpc) is 1.58. The van der Waals surface area contributed by atoms with Crippen molar-refractivity contribution in [1.29, 1.82) is 0 Å². The zero-order chi connectivity index (χ0) is 62.7. The van der Waals surface area contributed by atoms with Crippen molar-refractivity contribution in [3.8, 4) is 11.5 Å². The summed E-state index contributed by atoms with van der Waals surface area (Å²) < 4.78 is 25.3. The van der Waals surface area contributed by atoms with Crippen LogP contribution in [0.2, 0.25) is 10.0 Å². The summed E-state index contributed by atoms with van der Waals surface area (Å²) in [6, 6.07) is 22.7. The Balaban J connectivity index is 0.000000165. The third-order valence-corrected chi connectivity index (χ3v) is 23.1. The number of aliphatic hydroxyl groups is 2. The number of fused-ring (bicyclic) bond motifs is 10. The molecule has 10 aliphatic rings. The van der Waals surface area contributed by atoms with Crippen molar-refractivity contribution >= 4 is 58.3 Å². The summed E-state index contributed by atoms with van der Waals surface area (Å²) in [7, 11) is 3.56. The van der Waals surface area contributed by atoms with Crippen molar-refractivity contribution in [1.82, 2.24) is 9.80 Å². The van der Waals surface area contributed by atoms with Crippen LogP contribution in [0.15, 0.2) is 97.1 Å². The van der Waals surface area contributed by atoms with Crippen LogP contribution in [0.25, 0.3) is 0 Å². The number of hydrogen-bond donors (Lipinski definition) is 4. The lowest BCUT2D eigenvalue weighted by atomic mass is 9.68. The van der Waals surface area contributed by atoms with E-state index >= 15 is 0 Å². The topological polar surface area (TPSA) is 199 Å².